The zero-order valence-corrected chi connectivity index (χ0v) is 21.9. The van der Waals surface area contributed by atoms with E-state index in [9.17, 15) is 14.4 Å². The second kappa shape index (κ2) is 11.3. The van der Waals surface area contributed by atoms with Gasteiger partial charge in [0, 0.05) is 56.8 Å². The van der Waals surface area contributed by atoms with E-state index in [1.807, 2.05) is 19.0 Å². The maximum atomic E-state index is 13.2. The molecular formula is C26H40N4O5. The molecular weight excluding hydrogens is 448 g/mol. The number of nitrogens with zero attached hydrogens (tertiary/aromatic N) is 3. The number of piperidine rings is 1. The van der Waals surface area contributed by atoms with E-state index in [-0.39, 0.29) is 41.4 Å². The van der Waals surface area contributed by atoms with Gasteiger partial charge in [-0.15, -0.1) is 0 Å². The van der Waals surface area contributed by atoms with Gasteiger partial charge in [0.15, 0.2) is 11.5 Å². The van der Waals surface area contributed by atoms with E-state index in [4.69, 9.17) is 9.47 Å². The van der Waals surface area contributed by atoms with Crippen LogP contribution >= 0.6 is 0 Å². The van der Waals surface area contributed by atoms with Gasteiger partial charge >= 0.3 is 0 Å². The van der Waals surface area contributed by atoms with Gasteiger partial charge in [-0.3, -0.25) is 14.4 Å². The summed E-state index contributed by atoms with van der Waals surface area (Å²) in [6.07, 6.45) is 1.48. The lowest BCUT2D eigenvalue weighted by Crippen LogP contribution is -2.47. The van der Waals surface area contributed by atoms with Crippen molar-refractivity contribution in [1.29, 1.82) is 0 Å². The molecule has 3 amide bonds. The average molecular weight is 489 g/mol. The Labute approximate surface area is 208 Å². The van der Waals surface area contributed by atoms with E-state index in [1.54, 1.807) is 37.3 Å². The van der Waals surface area contributed by atoms with Gasteiger partial charge in [-0.25, -0.2) is 0 Å². The molecule has 194 valence electrons. The molecule has 0 aromatic heterocycles. The van der Waals surface area contributed by atoms with Crippen LogP contribution in [0.15, 0.2) is 18.2 Å². The molecule has 1 unspecified atom stereocenters. The minimum atomic E-state index is -0.382. The molecule has 9 nitrogen and oxygen atoms in total. The normalized spacial score (nSPS) is 19.3. The lowest BCUT2D eigenvalue weighted by atomic mass is 9.91. The van der Waals surface area contributed by atoms with Crippen LogP contribution in [0.3, 0.4) is 0 Å². The molecule has 2 fully saturated rings. The molecule has 1 N–H and O–H groups in total. The Morgan fingerprint density at radius 3 is 2.34 bits per heavy atom. The predicted molar refractivity (Wildman–Crippen MR) is 135 cm³/mol. The lowest BCUT2D eigenvalue weighted by molar-refractivity contribution is -0.139. The van der Waals surface area contributed by atoms with Crippen LogP contribution in [0, 0.1) is 17.3 Å². The van der Waals surface area contributed by atoms with Crippen LogP contribution in [0.4, 0.5) is 5.69 Å². The number of anilines is 1. The molecule has 0 spiro atoms. The van der Waals surface area contributed by atoms with Crippen molar-refractivity contribution in [3.63, 3.8) is 0 Å². The van der Waals surface area contributed by atoms with Crippen LogP contribution in [-0.2, 0) is 14.4 Å². The molecule has 0 radical (unpaired) electrons. The number of rotatable bonds is 9. The van der Waals surface area contributed by atoms with Crippen molar-refractivity contribution >= 4 is 23.4 Å². The lowest BCUT2D eigenvalue weighted by Gasteiger charge is -2.34. The molecule has 2 saturated heterocycles. The third kappa shape index (κ3) is 6.66. The third-order valence-corrected chi connectivity index (χ3v) is 6.82. The Bertz CT molecular complexity index is 924. The Kier molecular flexibility index (Phi) is 8.64. The summed E-state index contributed by atoms with van der Waals surface area (Å²) in [5.74, 6) is 0.647. The Morgan fingerprint density at radius 1 is 1.09 bits per heavy atom. The van der Waals surface area contributed by atoms with Crippen LogP contribution in [-0.4, -0.2) is 88.6 Å². The smallest absolute Gasteiger partial charge is 0.228 e. The van der Waals surface area contributed by atoms with E-state index < -0.39 is 0 Å². The van der Waals surface area contributed by atoms with Gasteiger partial charge in [0.2, 0.25) is 17.7 Å². The zero-order valence-electron chi connectivity index (χ0n) is 21.9. The van der Waals surface area contributed by atoms with Gasteiger partial charge in [-0.1, -0.05) is 13.8 Å². The van der Waals surface area contributed by atoms with Crippen LogP contribution in [0.2, 0.25) is 0 Å². The second-order valence-electron chi connectivity index (χ2n) is 10.7. The van der Waals surface area contributed by atoms with Crippen molar-refractivity contribution in [3.05, 3.63) is 18.2 Å². The number of carbonyl (C=O) groups is 3. The van der Waals surface area contributed by atoms with Crippen molar-refractivity contribution in [2.45, 2.75) is 33.1 Å². The molecule has 9 heteroatoms. The van der Waals surface area contributed by atoms with Crippen molar-refractivity contribution in [2.75, 3.05) is 65.9 Å². The summed E-state index contributed by atoms with van der Waals surface area (Å²) < 4.78 is 10.6. The number of nitrogens with one attached hydrogen (secondary N) is 1. The quantitative estimate of drug-likeness (QED) is 0.572. The molecule has 3 rings (SSSR count). The Hall–Kier alpha value is -2.81. The summed E-state index contributed by atoms with van der Waals surface area (Å²) in [6, 6.07) is 5.32. The highest BCUT2D eigenvalue weighted by atomic mass is 16.5. The van der Waals surface area contributed by atoms with Crippen molar-refractivity contribution < 1.29 is 23.9 Å². The number of benzene rings is 1. The summed E-state index contributed by atoms with van der Waals surface area (Å²) in [5.41, 5.74) is 0.681. The van der Waals surface area contributed by atoms with Gasteiger partial charge in [-0.2, -0.15) is 0 Å². The fourth-order valence-corrected chi connectivity index (χ4v) is 5.12. The molecule has 2 aliphatic rings. The predicted octanol–water partition coefficient (Wildman–Crippen LogP) is 2.00. The molecule has 0 aliphatic carbocycles. The highest BCUT2D eigenvalue weighted by Gasteiger charge is 2.39. The highest BCUT2D eigenvalue weighted by molar-refractivity contribution is 6.00. The maximum absolute atomic E-state index is 13.2. The molecule has 0 saturated carbocycles. The summed E-state index contributed by atoms with van der Waals surface area (Å²) in [4.78, 5) is 44.2. The number of ether oxygens (including phenoxy) is 2. The molecule has 1 aromatic rings. The van der Waals surface area contributed by atoms with Crippen molar-refractivity contribution in [2.24, 2.45) is 17.3 Å². The average Bonchev–Trinajstić information content (AvgIpc) is 3.22. The zero-order chi connectivity index (χ0) is 25.8. The molecule has 0 bridgehead atoms. The van der Waals surface area contributed by atoms with Crippen molar-refractivity contribution in [3.8, 4) is 11.5 Å². The van der Waals surface area contributed by atoms with E-state index >= 15 is 0 Å². The summed E-state index contributed by atoms with van der Waals surface area (Å²) >= 11 is 0. The van der Waals surface area contributed by atoms with Gasteiger partial charge in [0.1, 0.15) is 0 Å². The first kappa shape index (κ1) is 26.8. The minimum absolute atomic E-state index is 0.00713. The second-order valence-corrected chi connectivity index (χ2v) is 10.7. The van der Waals surface area contributed by atoms with Crippen molar-refractivity contribution in [1.82, 2.24) is 15.1 Å². The summed E-state index contributed by atoms with van der Waals surface area (Å²) in [5, 5.41) is 3.10. The van der Waals surface area contributed by atoms with Crippen LogP contribution < -0.4 is 19.7 Å². The molecule has 35 heavy (non-hydrogen) atoms. The van der Waals surface area contributed by atoms with Crippen LogP contribution in [0.5, 0.6) is 11.5 Å². The van der Waals surface area contributed by atoms with Gasteiger partial charge in [0.05, 0.1) is 20.1 Å². The molecule has 2 aliphatic heterocycles. The number of likely N-dealkylation sites (tertiary alicyclic amines) is 1. The SMILES string of the molecule is COc1ccc(N2CC(C(=O)N3CCC(C(=O)NCC(C)(C)CN(C)C)CC3)CC2=O)cc1OC. The highest BCUT2D eigenvalue weighted by Crippen LogP contribution is 2.34. The molecule has 1 atom stereocenters. The van der Waals surface area contributed by atoms with Crippen LogP contribution in [0.25, 0.3) is 0 Å². The van der Waals surface area contributed by atoms with E-state index in [0.717, 1.165) is 6.54 Å². The molecule has 1 aromatic carbocycles. The Balaban J connectivity index is 1.52. The van der Waals surface area contributed by atoms with E-state index in [2.05, 4.69) is 24.1 Å². The largest absolute Gasteiger partial charge is 0.493 e. The fourth-order valence-electron chi connectivity index (χ4n) is 5.12. The first-order valence-electron chi connectivity index (χ1n) is 12.3. The topological polar surface area (TPSA) is 91.4 Å². The van der Waals surface area contributed by atoms with E-state index in [1.165, 1.54) is 0 Å². The van der Waals surface area contributed by atoms with Crippen LogP contribution in [0.1, 0.15) is 33.1 Å². The first-order valence-corrected chi connectivity index (χ1v) is 12.3. The summed E-state index contributed by atoms with van der Waals surface area (Å²) in [7, 11) is 7.17. The summed E-state index contributed by atoms with van der Waals surface area (Å²) in [6.45, 7) is 7.22. The first-order chi connectivity index (χ1) is 16.5. The minimum Gasteiger partial charge on any atom is -0.493 e. The number of hydrogen-bond donors (Lipinski definition) is 1. The number of methoxy groups -OCH3 is 2. The standard InChI is InChI=1S/C26H40N4O5/c1-26(2,17-28(3)4)16-27-24(32)18-9-11-29(12-10-18)25(33)19-13-23(31)30(15-19)20-7-8-21(34-5)22(14-20)35-6/h7-8,14,18-19H,9-13,15-17H2,1-6H3,(H,27,32). The maximum Gasteiger partial charge on any atom is 0.228 e. The Morgan fingerprint density at radius 2 is 1.74 bits per heavy atom. The third-order valence-electron chi connectivity index (χ3n) is 6.82. The van der Waals surface area contributed by atoms with Gasteiger partial charge in [0.25, 0.3) is 0 Å². The molecule has 2 heterocycles. The monoisotopic (exact) mass is 488 g/mol. The van der Waals surface area contributed by atoms with Gasteiger partial charge in [-0.05, 0) is 44.5 Å². The number of carbonyl (C=O) groups excluding carboxylic acids is 3. The fraction of sp³-hybridized carbons (Fsp3) is 0.654. The van der Waals surface area contributed by atoms with Gasteiger partial charge < -0.3 is 29.5 Å². The number of amides is 3. The van der Waals surface area contributed by atoms with E-state index in [0.29, 0.717) is 56.2 Å². The number of hydrogen-bond acceptors (Lipinski definition) is 6.